The molecule has 0 aromatic carbocycles. The van der Waals surface area contributed by atoms with E-state index in [1.165, 1.54) is 6.08 Å². The molecule has 1 fully saturated rings. The standard InChI is InChI=1S/C21H23FO3/c1-11(23)13-4-5-14-12-8-17(22)16-9-18(24)19(25)10-21(16,3)15(12)6-7-20(13,14)2/h4,6,9,12,14,17H,5,7-8,10H2,1-3H3/t12-,14-,17-,20+,21+/m0/s1. The van der Waals surface area contributed by atoms with Gasteiger partial charge >= 0.3 is 0 Å². The van der Waals surface area contributed by atoms with Gasteiger partial charge in [-0.05, 0) is 55.2 Å². The molecule has 0 amide bonds. The fraction of sp³-hybridized carbons (Fsp3) is 0.571. The maximum absolute atomic E-state index is 15.0. The van der Waals surface area contributed by atoms with Crippen LogP contribution >= 0.6 is 0 Å². The second-order valence-electron chi connectivity index (χ2n) is 8.50. The first-order valence-corrected chi connectivity index (χ1v) is 9.04. The third kappa shape index (κ3) is 2.06. The number of Topliss-reactive ketones (excluding diaryl/α,β-unsaturated/α-hetero) is 2. The van der Waals surface area contributed by atoms with Gasteiger partial charge in [0.15, 0.2) is 5.78 Å². The Labute approximate surface area is 147 Å². The van der Waals surface area contributed by atoms with E-state index in [4.69, 9.17) is 0 Å². The molecule has 0 unspecified atom stereocenters. The fourth-order valence-electron chi connectivity index (χ4n) is 5.92. The first-order valence-electron chi connectivity index (χ1n) is 9.04. The van der Waals surface area contributed by atoms with Gasteiger partial charge in [0.1, 0.15) is 6.17 Å². The highest BCUT2D eigenvalue weighted by Crippen LogP contribution is 2.63. The second kappa shape index (κ2) is 5.09. The smallest absolute Gasteiger partial charge is 0.221 e. The molecule has 0 saturated heterocycles. The minimum Gasteiger partial charge on any atom is -0.295 e. The highest BCUT2D eigenvalue weighted by molar-refractivity contribution is 6.42. The third-order valence-corrected chi connectivity index (χ3v) is 7.17. The lowest BCUT2D eigenvalue weighted by atomic mass is 9.50. The van der Waals surface area contributed by atoms with Crippen molar-refractivity contribution in [2.45, 2.75) is 52.6 Å². The Bertz CT molecular complexity index is 802. The normalized spacial score (nSPS) is 42.7. The van der Waals surface area contributed by atoms with Gasteiger partial charge in [0.25, 0.3) is 0 Å². The lowest BCUT2D eigenvalue weighted by Crippen LogP contribution is -2.49. The molecule has 5 atom stereocenters. The van der Waals surface area contributed by atoms with Crippen LogP contribution in [0.2, 0.25) is 0 Å². The number of alkyl halides is 1. The van der Waals surface area contributed by atoms with E-state index in [-0.39, 0.29) is 29.5 Å². The molecule has 0 spiro atoms. The molecule has 0 N–H and O–H groups in total. The number of fused-ring (bicyclic) bond motifs is 5. The van der Waals surface area contributed by atoms with Crippen LogP contribution < -0.4 is 0 Å². The van der Waals surface area contributed by atoms with Crippen molar-refractivity contribution in [3.8, 4) is 0 Å². The van der Waals surface area contributed by atoms with Crippen molar-refractivity contribution in [3.63, 3.8) is 0 Å². The van der Waals surface area contributed by atoms with E-state index in [0.29, 0.717) is 12.0 Å². The number of hydrogen-bond acceptors (Lipinski definition) is 3. The summed E-state index contributed by atoms with van der Waals surface area (Å²) < 4.78 is 15.0. The van der Waals surface area contributed by atoms with Crippen LogP contribution in [0, 0.1) is 22.7 Å². The van der Waals surface area contributed by atoms with Gasteiger partial charge in [-0.25, -0.2) is 4.39 Å². The summed E-state index contributed by atoms with van der Waals surface area (Å²) in [7, 11) is 0. The van der Waals surface area contributed by atoms with Crippen LogP contribution in [-0.4, -0.2) is 23.5 Å². The summed E-state index contributed by atoms with van der Waals surface area (Å²) in [6.07, 6.45) is 6.12. The number of carbonyl (C=O) groups is 3. The first kappa shape index (κ1) is 16.6. The number of carbonyl (C=O) groups excluding carboxylic acids is 3. The fourth-order valence-corrected chi connectivity index (χ4v) is 5.92. The molecule has 0 aromatic rings. The molecule has 4 aliphatic carbocycles. The molecule has 0 bridgehead atoms. The van der Waals surface area contributed by atoms with Gasteiger partial charge in [-0.3, -0.25) is 14.4 Å². The van der Waals surface area contributed by atoms with Crippen molar-refractivity contribution in [2.24, 2.45) is 22.7 Å². The van der Waals surface area contributed by atoms with Crippen molar-refractivity contribution in [3.05, 3.63) is 34.9 Å². The lowest BCUT2D eigenvalue weighted by Gasteiger charge is -2.53. The SMILES string of the molecule is CC(=O)C1=CC[C@H]2[C@@H]3C[C@H](F)C4=CC(=O)C(=O)C[C@]4(C)C3=CC[C@]12C. The van der Waals surface area contributed by atoms with E-state index < -0.39 is 23.2 Å². The van der Waals surface area contributed by atoms with E-state index in [1.54, 1.807) is 6.92 Å². The molecular formula is C21H23FO3. The quantitative estimate of drug-likeness (QED) is 0.539. The topological polar surface area (TPSA) is 51.2 Å². The summed E-state index contributed by atoms with van der Waals surface area (Å²) in [6, 6.07) is 0. The molecule has 0 radical (unpaired) electrons. The Kier molecular flexibility index (Phi) is 3.38. The Hall–Kier alpha value is -1.84. The zero-order chi connectivity index (χ0) is 18.1. The molecular weight excluding hydrogens is 319 g/mol. The number of allylic oxidation sites excluding steroid dienone is 6. The summed E-state index contributed by atoms with van der Waals surface area (Å²) in [5.74, 6) is -0.695. The van der Waals surface area contributed by atoms with Crippen LogP contribution in [-0.2, 0) is 14.4 Å². The van der Waals surface area contributed by atoms with E-state index >= 15 is 4.39 Å². The number of rotatable bonds is 1. The Balaban J connectivity index is 1.81. The maximum atomic E-state index is 15.0. The van der Waals surface area contributed by atoms with Gasteiger partial charge in [-0.15, -0.1) is 0 Å². The highest BCUT2D eigenvalue weighted by Gasteiger charge is 2.57. The maximum Gasteiger partial charge on any atom is 0.221 e. The summed E-state index contributed by atoms with van der Waals surface area (Å²) in [5.41, 5.74) is 1.51. The van der Waals surface area contributed by atoms with E-state index in [2.05, 4.69) is 13.0 Å². The molecule has 4 heteroatoms. The number of halogens is 1. The van der Waals surface area contributed by atoms with Gasteiger partial charge in [-0.1, -0.05) is 31.6 Å². The van der Waals surface area contributed by atoms with Gasteiger partial charge in [-0.2, -0.15) is 0 Å². The van der Waals surface area contributed by atoms with Crippen molar-refractivity contribution < 1.29 is 18.8 Å². The number of ketones is 3. The number of hydrogen-bond donors (Lipinski definition) is 0. The van der Waals surface area contributed by atoms with Crippen LogP contribution in [0.25, 0.3) is 0 Å². The zero-order valence-electron chi connectivity index (χ0n) is 14.9. The first-order chi connectivity index (χ1) is 11.7. The molecule has 132 valence electrons. The summed E-state index contributed by atoms with van der Waals surface area (Å²) in [5, 5.41) is 0. The Morgan fingerprint density at radius 3 is 2.60 bits per heavy atom. The largest absolute Gasteiger partial charge is 0.295 e. The predicted molar refractivity (Wildman–Crippen MR) is 91.5 cm³/mol. The molecule has 3 nitrogen and oxygen atoms in total. The monoisotopic (exact) mass is 342 g/mol. The van der Waals surface area contributed by atoms with E-state index in [9.17, 15) is 14.4 Å². The molecule has 0 heterocycles. The van der Waals surface area contributed by atoms with Crippen LogP contribution in [0.3, 0.4) is 0 Å². The van der Waals surface area contributed by atoms with Gasteiger partial charge in [0.05, 0.1) is 0 Å². The average Bonchev–Trinajstić information content (AvgIpc) is 2.88. The van der Waals surface area contributed by atoms with Crippen LogP contribution in [0.4, 0.5) is 4.39 Å². The summed E-state index contributed by atoms with van der Waals surface area (Å²) in [4.78, 5) is 35.9. The molecule has 1 saturated carbocycles. The molecule has 4 rings (SSSR count). The third-order valence-electron chi connectivity index (χ3n) is 7.17. The zero-order valence-corrected chi connectivity index (χ0v) is 14.9. The van der Waals surface area contributed by atoms with Gasteiger partial charge in [0, 0.05) is 17.3 Å². The summed E-state index contributed by atoms with van der Waals surface area (Å²) in [6.45, 7) is 5.62. The minimum absolute atomic E-state index is 0.0185. The predicted octanol–water partition coefficient (Wildman–Crippen LogP) is 3.69. The van der Waals surface area contributed by atoms with Crippen molar-refractivity contribution >= 4 is 17.3 Å². The van der Waals surface area contributed by atoms with Gasteiger partial charge in [0.2, 0.25) is 11.6 Å². The van der Waals surface area contributed by atoms with E-state index in [0.717, 1.165) is 24.0 Å². The molecule has 4 aliphatic rings. The Morgan fingerprint density at radius 2 is 1.92 bits per heavy atom. The van der Waals surface area contributed by atoms with Crippen LogP contribution in [0.15, 0.2) is 34.9 Å². The average molecular weight is 342 g/mol. The minimum atomic E-state index is -1.20. The highest BCUT2D eigenvalue weighted by atomic mass is 19.1. The molecule has 0 aliphatic heterocycles. The van der Waals surface area contributed by atoms with Gasteiger partial charge < -0.3 is 0 Å². The van der Waals surface area contributed by atoms with Crippen molar-refractivity contribution in [1.82, 2.24) is 0 Å². The van der Waals surface area contributed by atoms with Crippen molar-refractivity contribution in [1.29, 1.82) is 0 Å². The van der Waals surface area contributed by atoms with Crippen molar-refractivity contribution in [2.75, 3.05) is 0 Å². The summed E-state index contributed by atoms with van der Waals surface area (Å²) >= 11 is 0. The Morgan fingerprint density at radius 1 is 1.20 bits per heavy atom. The lowest BCUT2D eigenvalue weighted by molar-refractivity contribution is -0.135. The molecule has 0 aromatic heterocycles. The van der Waals surface area contributed by atoms with E-state index in [1.807, 2.05) is 13.0 Å². The van der Waals surface area contributed by atoms with Crippen LogP contribution in [0.1, 0.15) is 46.5 Å². The van der Waals surface area contributed by atoms with Crippen LogP contribution in [0.5, 0.6) is 0 Å². The molecule has 25 heavy (non-hydrogen) atoms. The second-order valence-corrected chi connectivity index (χ2v) is 8.50.